The molecule has 0 radical (unpaired) electrons. The fourth-order valence-corrected chi connectivity index (χ4v) is 2.02. The minimum Gasteiger partial charge on any atom is -0.493 e. The predicted molar refractivity (Wildman–Crippen MR) is 85.6 cm³/mol. The summed E-state index contributed by atoms with van der Waals surface area (Å²) in [5.74, 6) is 1.64. The molecule has 21 heavy (non-hydrogen) atoms. The second-order valence-corrected chi connectivity index (χ2v) is 5.45. The molecule has 108 valence electrons. The molecule has 2 aromatic rings. The maximum atomic E-state index is 8.71. The molecule has 0 N–H and O–H groups in total. The number of hydrogen-bond acceptors (Lipinski definition) is 3. The molecule has 3 nitrogen and oxygen atoms in total. The van der Waals surface area contributed by atoms with E-state index in [2.05, 4.69) is 22.0 Å². The minimum absolute atomic E-state index is 0.585. The largest absolute Gasteiger partial charge is 0.493 e. The molecule has 0 aromatic heterocycles. The van der Waals surface area contributed by atoms with Gasteiger partial charge in [0.15, 0.2) is 0 Å². The topological polar surface area (TPSA) is 42.2 Å². The van der Waals surface area contributed by atoms with Crippen molar-refractivity contribution < 1.29 is 9.47 Å². The van der Waals surface area contributed by atoms with Gasteiger partial charge in [0.25, 0.3) is 0 Å². The Morgan fingerprint density at radius 2 is 1.62 bits per heavy atom. The molecule has 0 heterocycles. The monoisotopic (exact) mass is 345 g/mol. The zero-order valence-electron chi connectivity index (χ0n) is 11.8. The molecule has 4 heteroatoms. The Balaban J connectivity index is 1.69. The zero-order valence-corrected chi connectivity index (χ0v) is 13.4. The van der Waals surface area contributed by atoms with E-state index in [0.717, 1.165) is 28.0 Å². The molecule has 0 saturated carbocycles. The molecule has 2 aromatic carbocycles. The number of nitriles is 1. The van der Waals surface area contributed by atoms with Crippen LogP contribution in [0.4, 0.5) is 0 Å². The van der Waals surface area contributed by atoms with Crippen LogP contribution in [-0.2, 0) is 0 Å². The van der Waals surface area contributed by atoms with Crippen molar-refractivity contribution in [1.82, 2.24) is 0 Å². The molecule has 0 amide bonds. The summed E-state index contributed by atoms with van der Waals surface area (Å²) in [6.45, 7) is 3.23. The Hall–Kier alpha value is -1.99. The summed E-state index contributed by atoms with van der Waals surface area (Å²) >= 11 is 3.46. The van der Waals surface area contributed by atoms with E-state index in [1.807, 2.05) is 25.1 Å². The molecule has 0 fully saturated rings. The van der Waals surface area contributed by atoms with Gasteiger partial charge < -0.3 is 9.47 Å². The van der Waals surface area contributed by atoms with Crippen LogP contribution in [0.2, 0.25) is 0 Å². The van der Waals surface area contributed by atoms with E-state index in [-0.39, 0.29) is 0 Å². The number of nitrogens with zero attached hydrogens (tertiary/aromatic N) is 1. The van der Waals surface area contributed by atoms with Gasteiger partial charge in [-0.15, -0.1) is 0 Å². The lowest BCUT2D eigenvalue weighted by atomic mass is 10.2. The number of aryl methyl sites for hydroxylation is 1. The maximum Gasteiger partial charge on any atom is 0.119 e. The van der Waals surface area contributed by atoms with Gasteiger partial charge in [-0.25, -0.2) is 0 Å². The Morgan fingerprint density at radius 1 is 1.00 bits per heavy atom. The molecule has 0 saturated heterocycles. The fourth-order valence-electron chi connectivity index (χ4n) is 1.77. The third-order valence-electron chi connectivity index (χ3n) is 2.94. The highest BCUT2D eigenvalue weighted by atomic mass is 79.9. The summed E-state index contributed by atoms with van der Waals surface area (Å²) in [6, 6.07) is 15.1. The second kappa shape index (κ2) is 7.70. The number of rotatable bonds is 6. The van der Waals surface area contributed by atoms with E-state index in [1.54, 1.807) is 24.3 Å². The SMILES string of the molecule is Cc1cc(OCCCOc2ccc(C#N)cc2)ccc1Br. The molecule has 0 atom stereocenters. The molecule has 0 unspecified atom stereocenters. The Labute approximate surface area is 133 Å². The van der Waals surface area contributed by atoms with Crippen LogP contribution in [0.15, 0.2) is 46.9 Å². The van der Waals surface area contributed by atoms with Gasteiger partial charge in [0.05, 0.1) is 24.8 Å². The molecular formula is C17H16BrNO2. The number of halogens is 1. The highest BCUT2D eigenvalue weighted by Crippen LogP contribution is 2.21. The van der Waals surface area contributed by atoms with Crippen molar-refractivity contribution in [2.45, 2.75) is 13.3 Å². The van der Waals surface area contributed by atoms with Gasteiger partial charge >= 0.3 is 0 Å². The molecule has 0 aliphatic rings. The predicted octanol–water partition coefficient (Wildman–Crippen LogP) is 4.48. The van der Waals surface area contributed by atoms with Crippen LogP contribution in [0, 0.1) is 18.3 Å². The van der Waals surface area contributed by atoms with E-state index in [1.165, 1.54) is 0 Å². The van der Waals surface area contributed by atoms with Gasteiger partial charge in [0.2, 0.25) is 0 Å². The van der Waals surface area contributed by atoms with Crippen molar-refractivity contribution in [3.63, 3.8) is 0 Å². The van der Waals surface area contributed by atoms with Crippen LogP contribution in [0.1, 0.15) is 17.5 Å². The number of benzene rings is 2. The van der Waals surface area contributed by atoms with Gasteiger partial charge in [0.1, 0.15) is 11.5 Å². The van der Waals surface area contributed by atoms with Crippen molar-refractivity contribution in [2.75, 3.05) is 13.2 Å². The van der Waals surface area contributed by atoms with Crippen molar-refractivity contribution in [3.05, 3.63) is 58.1 Å². The van der Waals surface area contributed by atoms with E-state index >= 15 is 0 Å². The van der Waals surface area contributed by atoms with Gasteiger partial charge in [-0.1, -0.05) is 15.9 Å². The first kappa shape index (κ1) is 15.4. The molecule has 0 spiro atoms. The van der Waals surface area contributed by atoms with Gasteiger partial charge in [-0.05, 0) is 55.0 Å². The van der Waals surface area contributed by atoms with Gasteiger partial charge in [0, 0.05) is 10.9 Å². The van der Waals surface area contributed by atoms with Crippen LogP contribution in [-0.4, -0.2) is 13.2 Å². The summed E-state index contributed by atoms with van der Waals surface area (Å²) < 4.78 is 12.3. The lowest BCUT2D eigenvalue weighted by molar-refractivity contribution is 0.247. The Morgan fingerprint density at radius 3 is 2.24 bits per heavy atom. The quantitative estimate of drug-likeness (QED) is 0.725. The highest BCUT2D eigenvalue weighted by molar-refractivity contribution is 9.10. The number of hydrogen-bond donors (Lipinski definition) is 0. The Kier molecular flexibility index (Phi) is 5.65. The summed E-state index contributed by atoms with van der Waals surface area (Å²) in [5, 5.41) is 8.71. The zero-order chi connectivity index (χ0) is 15.1. The van der Waals surface area contributed by atoms with E-state index in [0.29, 0.717) is 18.8 Å². The molecule has 2 rings (SSSR count). The van der Waals surface area contributed by atoms with E-state index in [4.69, 9.17) is 14.7 Å². The summed E-state index contributed by atoms with van der Waals surface area (Å²) in [5.41, 5.74) is 1.79. The number of ether oxygens (including phenoxy) is 2. The van der Waals surface area contributed by atoms with Gasteiger partial charge in [-0.3, -0.25) is 0 Å². The van der Waals surface area contributed by atoms with Crippen LogP contribution in [0.25, 0.3) is 0 Å². The second-order valence-electron chi connectivity index (χ2n) is 4.60. The van der Waals surface area contributed by atoms with Crippen molar-refractivity contribution >= 4 is 15.9 Å². The third-order valence-corrected chi connectivity index (χ3v) is 3.83. The summed E-state index contributed by atoms with van der Waals surface area (Å²) in [6.07, 6.45) is 0.801. The van der Waals surface area contributed by atoms with Gasteiger partial charge in [-0.2, -0.15) is 5.26 Å². The fraction of sp³-hybridized carbons (Fsp3) is 0.235. The average molecular weight is 346 g/mol. The Bertz CT molecular complexity index is 632. The van der Waals surface area contributed by atoms with E-state index in [9.17, 15) is 0 Å². The van der Waals surface area contributed by atoms with Crippen LogP contribution >= 0.6 is 15.9 Å². The van der Waals surface area contributed by atoms with Crippen molar-refractivity contribution in [2.24, 2.45) is 0 Å². The van der Waals surface area contributed by atoms with Crippen LogP contribution < -0.4 is 9.47 Å². The van der Waals surface area contributed by atoms with E-state index < -0.39 is 0 Å². The molecular weight excluding hydrogens is 330 g/mol. The molecule has 0 aliphatic carbocycles. The van der Waals surface area contributed by atoms with Crippen LogP contribution in [0.5, 0.6) is 11.5 Å². The first-order chi connectivity index (χ1) is 10.2. The van der Waals surface area contributed by atoms with Crippen LogP contribution in [0.3, 0.4) is 0 Å². The standard InChI is InChI=1S/C17H16BrNO2/c1-13-11-16(7-8-17(13)18)21-10-2-9-20-15-5-3-14(12-19)4-6-15/h3-8,11H,2,9-10H2,1H3. The molecule has 0 bridgehead atoms. The highest BCUT2D eigenvalue weighted by Gasteiger charge is 1.99. The van der Waals surface area contributed by atoms with Crippen molar-refractivity contribution in [3.8, 4) is 17.6 Å². The first-order valence-electron chi connectivity index (χ1n) is 6.71. The van der Waals surface area contributed by atoms with Crippen molar-refractivity contribution in [1.29, 1.82) is 5.26 Å². The minimum atomic E-state index is 0.585. The maximum absolute atomic E-state index is 8.71. The molecule has 0 aliphatic heterocycles. The lowest BCUT2D eigenvalue weighted by Crippen LogP contribution is -2.05. The lowest BCUT2D eigenvalue weighted by Gasteiger charge is -2.09. The summed E-state index contributed by atoms with van der Waals surface area (Å²) in [7, 11) is 0. The summed E-state index contributed by atoms with van der Waals surface area (Å²) in [4.78, 5) is 0. The smallest absolute Gasteiger partial charge is 0.119 e. The third kappa shape index (κ3) is 4.80. The first-order valence-corrected chi connectivity index (χ1v) is 7.50. The normalized spacial score (nSPS) is 9.95. The average Bonchev–Trinajstić information content (AvgIpc) is 2.51.